The predicted octanol–water partition coefficient (Wildman–Crippen LogP) is 0.526. The number of aliphatic hydroxyl groups is 1. The SMILES string of the molecule is CC[C@H](N)[C@H](C)O.Cl. The third-order valence-electron chi connectivity index (χ3n) is 1.09. The molecule has 3 heteroatoms. The molecule has 0 radical (unpaired) electrons. The summed E-state index contributed by atoms with van der Waals surface area (Å²) < 4.78 is 0. The summed E-state index contributed by atoms with van der Waals surface area (Å²) in [5, 5.41) is 8.70. The first kappa shape index (κ1) is 11.1. The Morgan fingerprint density at radius 2 is 2.00 bits per heavy atom. The minimum absolute atomic E-state index is 0. The van der Waals surface area contributed by atoms with Gasteiger partial charge in [-0.1, -0.05) is 6.92 Å². The normalized spacial score (nSPS) is 16.5. The van der Waals surface area contributed by atoms with E-state index in [1.165, 1.54) is 0 Å². The fourth-order valence-electron chi connectivity index (χ4n) is 0.341. The van der Waals surface area contributed by atoms with Gasteiger partial charge < -0.3 is 10.8 Å². The lowest BCUT2D eigenvalue weighted by atomic mass is 10.1. The lowest BCUT2D eigenvalue weighted by Crippen LogP contribution is -2.31. The van der Waals surface area contributed by atoms with Crippen molar-refractivity contribution < 1.29 is 5.11 Å². The second-order valence-electron chi connectivity index (χ2n) is 1.81. The molecule has 0 spiro atoms. The van der Waals surface area contributed by atoms with E-state index in [2.05, 4.69) is 0 Å². The Bertz CT molecular complexity index is 49.7. The molecule has 0 rings (SSSR count). The molecule has 0 aromatic heterocycles. The zero-order valence-corrected chi connectivity index (χ0v) is 6.11. The van der Waals surface area contributed by atoms with E-state index in [4.69, 9.17) is 10.8 Å². The fourth-order valence-corrected chi connectivity index (χ4v) is 0.341. The second-order valence-corrected chi connectivity index (χ2v) is 1.81. The van der Waals surface area contributed by atoms with E-state index < -0.39 is 0 Å². The number of aliphatic hydroxyl groups excluding tert-OH is 1. The number of rotatable bonds is 2. The second kappa shape index (κ2) is 5.35. The lowest BCUT2D eigenvalue weighted by molar-refractivity contribution is 0.161. The Hall–Kier alpha value is 0.210. The summed E-state index contributed by atoms with van der Waals surface area (Å²) in [7, 11) is 0. The molecular weight excluding hydrogens is 126 g/mol. The van der Waals surface area contributed by atoms with Crippen LogP contribution in [0.3, 0.4) is 0 Å². The van der Waals surface area contributed by atoms with Crippen molar-refractivity contribution in [1.82, 2.24) is 0 Å². The Morgan fingerprint density at radius 1 is 1.62 bits per heavy atom. The zero-order valence-electron chi connectivity index (χ0n) is 5.29. The van der Waals surface area contributed by atoms with E-state index >= 15 is 0 Å². The Kier molecular flexibility index (Phi) is 7.40. The number of nitrogens with two attached hydrogens (primary N) is 1. The molecular formula is C5H14ClNO. The van der Waals surface area contributed by atoms with Crippen molar-refractivity contribution in [2.75, 3.05) is 0 Å². The maximum atomic E-state index is 8.70. The molecule has 0 aliphatic heterocycles. The number of halogens is 1. The van der Waals surface area contributed by atoms with Gasteiger partial charge in [-0.15, -0.1) is 12.4 Å². The van der Waals surface area contributed by atoms with Gasteiger partial charge in [0.1, 0.15) is 0 Å². The molecule has 2 nitrogen and oxygen atoms in total. The predicted molar refractivity (Wildman–Crippen MR) is 37.2 cm³/mol. The Labute approximate surface area is 56.5 Å². The summed E-state index contributed by atoms with van der Waals surface area (Å²) in [6, 6.07) is -0.0417. The summed E-state index contributed by atoms with van der Waals surface area (Å²) in [6.45, 7) is 3.66. The first-order valence-corrected chi connectivity index (χ1v) is 2.62. The quantitative estimate of drug-likeness (QED) is 0.586. The van der Waals surface area contributed by atoms with Crippen LogP contribution in [-0.4, -0.2) is 17.3 Å². The van der Waals surface area contributed by atoms with Crippen molar-refractivity contribution in [2.24, 2.45) is 5.73 Å². The summed E-state index contributed by atoms with van der Waals surface area (Å²) in [5.41, 5.74) is 5.37. The topological polar surface area (TPSA) is 46.2 Å². The molecule has 0 saturated heterocycles. The van der Waals surface area contributed by atoms with Gasteiger partial charge in [0.25, 0.3) is 0 Å². The minimum Gasteiger partial charge on any atom is -0.392 e. The van der Waals surface area contributed by atoms with Crippen LogP contribution in [0.15, 0.2) is 0 Å². The Morgan fingerprint density at radius 3 is 2.00 bits per heavy atom. The Balaban J connectivity index is 0. The maximum Gasteiger partial charge on any atom is 0.0662 e. The molecule has 0 aliphatic rings. The van der Waals surface area contributed by atoms with Crippen LogP contribution in [0, 0.1) is 0 Å². The molecule has 0 fully saturated rings. The van der Waals surface area contributed by atoms with E-state index in [-0.39, 0.29) is 24.6 Å². The van der Waals surface area contributed by atoms with Crippen molar-refractivity contribution in [2.45, 2.75) is 32.4 Å². The molecule has 0 bridgehead atoms. The lowest BCUT2D eigenvalue weighted by Gasteiger charge is -2.09. The molecule has 0 amide bonds. The molecule has 0 saturated carbocycles. The van der Waals surface area contributed by atoms with Crippen molar-refractivity contribution in [3.63, 3.8) is 0 Å². The van der Waals surface area contributed by atoms with Crippen LogP contribution < -0.4 is 5.73 Å². The summed E-state index contributed by atoms with van der Waals surface area (Å²) >= 11 is 0. The van der Waals surface area contributed by atoms with E-state index in [1.54, 1.807) is 6.92 Å². The van der Waals surface area contributed by atoms with Crippen molar-refractivity contribution >= 4 is 12.4 Å². The monoisotopic (exact) mass is 139 g/mol. The van der Waals surface area contributed by atoms with Gasteiger partial charge >= 0.3 is 0 Å². The molecule has 0 unspecified atom stereocenters. The van der Waals surface area contributed by atoms with Crippen LogP contribution in [0.1, 0.15) is 20.3 Å². The highest BCUT2D eigenvalue weighted by atomic mass is 35.5. The van der Waals surface area contributed by atoms with Gasteiger partial charge in [-0.2, -0.15) is 0 Å². The van der Waals surface area contributed by atoms with Crippen LogP contribution in [-0.2, 0) is 0 Å². The smallest absolute Gasteiger partial charge is 0.0662 e. The van der Waals surface area contributed by atoms with E-state index in [9.17, 15) is 0 Å². The highest BCUT2D eigenvalue weighted by molar-refractivity contribution is 5.85. The fraction of sp³-hybridized carbons (Fsp3) is 1.00. The van der Waals surface area contributed by atoms with Crippen LogP contribution >= 0.6 is 12.4 Å². The van der Waals surface area contributed by atoms with Gasteiger partial charge in [0.05, 0.1) is 6.10 Å². The summed E-state index contributed by atoms with van der Waals surface area (Å²) in [6.07, 6.45) is 0.488. The first-order chi connectivity index (χ1) is 3.18. The van der Waals surface area contributed by atoms with Crippen LogP contribution in [0.4, 0.5) is 0 Å². The van der Waals surface area contributed by atoms with Crippen molar-refractivity contribution in [3.8, 4) is 0 Å². The molecule has 52 valence electrons. The molecule has 0 heterocycles. The van der Waals surface area contributed by atoms with Crippen LogP contribution in [0.5, 0.6) is 0 Å². The van der Waals surface area contributed by atoms with Gasteiger partial charge in [0.2, 0.25) is 0 Å². The molecule has 0 aromatic rings. The van der Waals surface area contributed by atoms with Gasteiger partial charge in [-0.3, -0.25) is 0 Å². The van der Waals surface area contributed by atoms with E-state index in [1.807, 2.05) is 6.92 Å². The average Bonchev–Trinajstić information content (AvgIpc) is 1.65. The third kappa shape index (κ3) is 4.37. The molecule has 0 aromatic carbocycles. The third-order valence-corrected chi connectivity index (χ3v) is 1.09. The highest BCUT2D eigenvalue weighted by Gasteiger charge is 2.03. The van der Waals surface area contributed by atoms with Gasteiger partial charge in [0, 0.05) is 6.04 Å². The van der Waals surface area contributed by atoms with E-state index in [0.29, 0.717) is 0 Å². The number of hydrogen-bond acceptors (Lipinski definition) is 2. The van der Waals surface area contributed by atoms with Gasteiger partial charge in [0.15, 0.2) is 0 Å². The number of hydrogen-bond donors (Lipinski definition) is 2. The maximum absolute atomic E-state index is 8.70. The van der Waals surface area contributed by atoms with Crippen LogP contribution in [0.2, 0.25) is 0 Å². The summed E-state index contributed by atoms with van der Waals surface area (Å²) in [5.74, 6) is 0. The molecule has 3 N–H and O–H groups in total. The van der Waals surface area contributed by atoms with Crippen molar-refractivity contribution in [1.29, 1.82) is 0 Å². The average molecular weight is 140 g/mol. The largest absolute Gasteiger partial charge is 0.392 e. The van der Waals surface area contributed by atoms with E-state index in [0.717, 1.165) is 6.42 Å². The van der Waals surface area contributed by atoms with Gasteiger partial charge in [-0.25, -0.2) is 0 Å². The minimum atomic E-state index is -0.356. The zero-order chi connectivity index (χ0) is 5.86. The molecule has 8 heavy (non-hydrogen) atoms. The van der Waals surface area contributed by atoms with Crippen LogP contribution in [0.25, 0.3) is 0 Å². The highest BCUT2D eigenvalue weighted by Crippen LogP contribution is 1.91. The van der Waals surface area contributed by atoms with Gasteiger partial charge in [-0.05, 0) is 13.3 Å². The molecule has 0 aliphatic carbocycles. The standard InChI is InChI=1S/C5H13NO.ClH/c1-3-5(6)4(2)7;/h4-5,7H,3,6H2,1-2H3;1H/t4-,5-;/m0./s1. The van der Waals surface area contributed by atoms with Crippen molar-refractivity contribution in [3.05, 3.63) is 0 Å². The first-order valence-electron chi connectivity index (χ1n) is 2.62. The molecule has 2 atom stereocenters. The summed E-state index contributed by atoms with van der Waals surface area (Å²) in [4.78, 5) is 0.